The average molecular weight is 359 g/mol. The molecule has 0 spiro atoms. The van der Waals surface area contributed by atoms with E-state index in [1.165, 1.54) is 16.7 Å². The number of halogens is 1. The summed E-state index contributed by atoms with van der Waals surface area (Å²) in [6.45, 7) is 2.84. The SMILES string of the molecule is CN1CCc2c(Cl)ccc(OCCCCc3ccccc3N)c2CC1. The van der Waals surface area contributed by atoms with Crippen molar-refractivity contribution in [1.82, 2.24) is 4.90 Å². The first-order valence-corrected chi connectivity index (χ1v) is 9.48. The van der Waals surface area contributed by atoms with Crippen LogP contribution in [0.15, 0.2) is 36.4 Å². The van der Waals surface area contributed by atoms with Gasteiger partial charge in [0.05, 0.1) is 6.61 Å². The summed E-state index contributed by atoms with van der Waals surface area (Å²) in [7, 11) is 2.16. The number of nitrogens with zero attached hydrogens (tertiary/aromatic N) is 1. The van der Waals surface area contributed by atoms with E-state index in [1.54, 1.807) is 0 Å². The second-order valence-electron chi connectivity index (χ2n) is 6.81. The quantitative estimate of drug-likeness (QED) is 0.616. The lowest BCUT2D eigenvalue weighted by molar-refractivity contribution is 0.302. The molecule has 134 valence electrons. The third-order valence-corrected chi connectivity index (χ3v) is 5.33. The molecule has 3 rings (SSSR count). The van der Waals surface area contributed by atoms with Crippen molar-refractivity contribution in [2.75, 3.05) is 32.5 Å². The molecule has 1 heterocycles. The number of likely N-dealkylation sites (N-methyl/N-ethyl adjacent to an activating group) is 1. The lowest BCUT2D eigenvalue weighted by Gasteiger charge is -2.15. The molecule has 0 aliphatic carbocycles. The van der Waals surface area contributed by atoms with Crippen LogP contribution in [0.5, 0.6) is 5.75 Å². The fourth-order valence-corrected chi connectivity index (χ4v) is 3.67. The van der Waals surface area contributed by atoms with E-state index in [0.717, 1.165) is 68.3 Å². The number of hydrogen-bond donors (Lipinski definition) is 1. The molecule has 0 bridgehead atoms. The van der Waals surface area contributed by atoms with Crippen LogP contribution < -0.4 is 10.5 Å². The van der Waals surface area contributed by atoms with Crippen LogP contribution >= 0.6 is 11.6 Å². The number of rotatable bonds is 6. The Morgan fingerprint density at radius 3 is 2.60 bits per heavy atom. The fraction of sp³-hybridized carbons (Fsp3) is 0.429. The lowest BCUT2D eigenvalue weighted by Crippen LogP contribution is -2.20. The molecule has 0 aromatic heterocycles. The van der Waals surface area contributed by atoms with Crippen LogP contribution in [-0.2, 0) is 19.3 Å². The average Bonchev–Trinajstić information content (AvgIpc) is 2.81. The fourth-order valence-electron chi connectivity index (χ4n) is 3.40. The van der Waals surface area contributed by atoms with Crippen molar-refractivity contribution in [1.29, 1.82) is 0 Å². The van der Waals surface area contributed by atoms with Crippen LogP contribution in [0.4, 0.5) is 5.69 Å². The highest BCUT2D eigenvalue weighted by atomic mass is 35.5. The number of nitrogen functional groups attached to an aromatic ring is 1. The summed E-state index contributed by atoms with van der Waals surface area (Å²) in [5.74, 6) is 1.01. The van der Waals surface area contributed by atoms with Crippen molar-refractivity contribution in [2.45, 2.75) is 32.1 Å². The molecule has 4 heteroatoms. The van der Waals surface area contributed by atoms with Crippen molar-refractivity contribution in [3.05, 3.63) is 58.1 Å². The normalized spacial score (nSPS) is 14.8. The van der Waals surface area contributed by atoms with Crippen molar-refractivity contribution >= 4 is 17.3 Å². The maximum absolute atomic E-state index is 6.41. The lowest BCUT2D eigenvalue weighted by atomic mass is 10.0. The van der Waals surface area contributed by atoms with Gasteiger partial charge in [-0.05, 0) is 68.5 Å². The van der Waals surface area contributed by atoms with Crippen LogP contribution in [0.25, 0.3) is 0 Å². The van der Waals surface area contributed by atoms with E-state index >= 15 is 0 Å². The van der Waals surface area contributed by atoms with E-state index in [1.807, 2.05) is 30.3 Å². The Balaban J connectivity index is 1.54. The van der Waals surface area contributed by atoms with Gasteiger partial charge in [0, 0.05) is 29.4 Å². The highest BCUT2D eigenvalue weighted by Crippen LogP contribution is 2.31. The summed E-state index contributed by atoms with van der Waals surface area (Å²) >= 11 is 6.41. The number of para-hydroxylation sites is 1. The largest absolute Gasteiger partial charge is 0.493 e. The van der Waals surface area contributed by atoms with Gasteiger partial charge in [0.25, 0.3) is 0 Å². The molecule has 25 heavy (non-hydrogen) atoms. The molecule has 2 aromatic carbocycles. The molecule has 0 radical (unpaired) electrons. The van der Waals surface area contributed by atoms with Crippen LogP contribution in [0.3, 0.4) is 0 Å². The maximum atomic E-state index is 6.41. The minimum Gasteiger partial charge on any atom is -0.493 e. The zero-order valence-corrected chi connectivity index (χ0v) is 15.7. The second-order valence-corrected chi connectivity index (χ2v) is 7.22. The van der Waals surface area contributed by atoms with E-state index in [9.17, 15) is 0 Å². The number of nitrogens with two attached hydrogens (primary N) is 1. The number of hydrogen-bond acceptors (Lipinski definition) is 3. The number of aryl methyl sites for hydroxylation is 1. The third kappa shape index (κ3) is 4.68. The molecule has 0 amide bonds. The van der Waals surface area contributed by atoms with E-state index < -0.39 is 0 Å². The molecule has 3 nitrogen and oxygen atoms in total. The predicted octanol–water partition coefficient (Wildman–Crippen LogP) is 4.35. The summed E-state index contributed by atoms with van der Waals surface area (Å²) in [6.07, 6.45) is 5.09. The first-order valence-electron chi connectivity index (χ1n) is 9.10. The van der Waals surface area contributed by atoms with Crippen molar-refractivity contribution in [3.63, 3.8) is 0 Å². The molecule has 0 fully saturated rings. The van der Waals surface area contributed by atoms with Gasteiger partial charge < -0.3 is 15.4 Å². The highest BCUT2D eigenvalue weighted by Gasteiger charge is 2.18. The van der Waals surface area contributed by atoms with Gasteiger partial charge in [-0.2, -0.15) is 0 Å². The predicted molar refractivity (Wildman–Crippen MR) is 106 cm³/mol. The van der Waals surface area contributed by atoms with Gasteiger partial charge in [-0.25, -0.2) is 0 Å². The molecular formula is C21H27ClN2O. The summed E-state index contributed by atoms with van der Waals surface area (Å²) in [5, 5.41) is 0.872. The third-order valence-electron chi connectivity index (χ3n) is 4.97. The summed E-state index contributed by atoms with van der Waals surface area (Å²) in [6, 6.07) is 12.1. The van der Waals surface area contributed by atoms with Crippen molar-refractivity contribution in [2.24, 2.45) is 0 Å². The van der Waals surface area contributed by atoms with Gasteiger partial charge >= 0.3 is 0 Å². The van der Waals surface area contributed by atoms with E-state index in [-0.39, 0.29) is 0 Å². The minimum absolute atomic E-state index is 0.733. The summed E-state index contributed by atoms with van der Waals surface area (Å²) in [4.78, 5) is 2.35. The Morgan fingerprint density at radius 1 is 1.04 bits per heavy atom. The molecule has 1 aliphatic rings. The Labute approximate surface area is 155 Å². The van der Waals surface area contributed by atoms with Crippen molar-refractivity contribution in [3.8, 4) is 5.75 Å². The molecule has 2 N–H and O–H groups in total. The van der Waals surface area contributed by atoms with Crippen molar-refractivity contribution < 1.29 is 4.74 Å². The molecular weight excluding hydrogens is 332 g/mol. The first kappa shape index (κ1) is 18.1. The molecule has 2 aromatic rings. The van der Waals surface area contributed by atoms with Gasteiger partial charge in [-0.3, -0.25) is 0 Å². The topological polar surface area (TPSA) is 38.5 Å². The molecule has 0 atom stereocenters. The summed E-state index contributed by atoms with van der Waals surface area (Å²) in [5.41, 5.74) is 10.7. The monoisotopic (exact) mass is 358 g/mol. The molecule has 0 saturated carbocycles. The minimum atomic E-state index is 0.733. The molecule has 0 saturated heterocycles. The highest BCUT2D eigenvalue weighted by molar-refractivity contribution is 6.31. The van der Waals surface area contributed by atoms with Crippen LogP contribution in [0.1, 0.15) is 29.5 Å². The van der Waals surface area contributed by atoms with Gasteiger partial charge in [0.2, 0.25) is 0 Å². The standard InChI is InChI=1S/C21H27ClN2O/c1-24-13-11-17-18(12-14-24)21(10-9-19(17)22)25-15-5-4-7-16-6-2-3-8-20(16)23/h2-3,6,8-10H,4-5,7,11-15,23H2,1H3. The Morgan fingerprint density at radius 2 is 1.80 bits per heavy atom. The summed E-state index contributed by atoms with van der Waals surface area (Å²) < 4.78 is 6.11. The van der Waals surface area contributed by atoms with Gasteiger partial charge in [0.1, 0.15) is 5.75 Å². The van der Waals surface area contributed by atoms with E-state index in [0.29, 0.717) is 0 Å². The van der Waals surface area contributed by atoms with Crippen LogP contribution in [-0.4, -0.2) is 31.6 Å². The van der Waals surface area contributed by atoms with Gasteiger partial charge in [-0.1, -0.05) is 29.8 Å². The smallest absolute Gasteiger partial charge is 0.122 e. The van der Waals surface area contributed by atoms with Gasteiger partial charge in [0.15, 0.2) is 0 Å². The van der Waals surface area contributed by atoms with E-state index in [4.69, 9.17) is 22.1 Å². The number of ether oxygens (including phenoxy) is 1. The second kappa shape index (κ2) is 8.59. The number of fused-ring (bicyclic) bond motifs is 1. The number of anilines is 1. The number of benzene rings is 2. The zero-order valence-electron chi connectivity index (χ0n) is 14.9. The Kier molecular flexibility index (Phi) is 6.22. The number of unbranched alkanes of at least 4 members (excludes halogenated alkanes) is 1. The van der Waals surface area contributed by atoms with Crippen LogP contribution in [0.2, 0.25) is 5.02 Å². The van der Waals surface area contributed by atoms with Crippen LogP contribution in [0, 0.1) is 0 Å². The van der Waals surface area contributed by atoms with Gasteiger partial charge in [-0.15, -0.1) is 0 Å². The molecule has 1 aliphatic heterocycles. The zero-order chi connectivity index (χ0) is 17.6. The molecule has 0 unspecified atom stereocenters. The Hall–Kier alpha value is -1.71. The first-order chi connectivity index (χ1) is 12.1. The Bertz CT molecular complexity index is 717. The maximum Gasteiger partial charge on any atom is 0.122 e. The van der Waals surface area contributed by atoms with E-state index in [2.05, 4.69) is 18.0 Å².